The number of hydrogen-bond donors (Lipinski definition) is 2. The number of rotatable bonds is 1. The van der Waals surface area contributed by atoms with E-state index < -0.39 is 6.10 Å². The monoisotopic (exact) mass is 195 g/mol. The molecule has 14 heavy (non-hydrogen) atoms. The maximum absolute atomic E-state index is 13.4. The molecule has 1 fully saturated rings. The first-order valence-electron chi connectivity index (χ1n) is 4.95. The van der Waals surface area contributed by atoms with Crippen molar-refractivity contribution in [2.24, 2.45) is 0 Å². The van der Waals surface area contributed by atoms with Crippen LogP contribution < -0.4 is 5.32 Å². The second kappa shape index (κ2) is 4.07. The largest absolute Gasteiger partial charge is 0.391 e. The molecule has 1 aromatic carbocycles. The normalized spacial score (nSPS) is 27.6. The van der Waals surface area contributed by atoms with Crippen molar-refractivity contribution < 1.29 is 9.50 Å². The number of halogens is 1. The SMILES string of the molecule is OC1CCCNC1c1ccccc1F. The minimum absolute atomic E-state index is 0.244. The molecule has 0 spiro atoms. The third-order valence-corrected chi connectivity index (χ3v) is 2.67. The third kappa shape index (κ3) is 1.79. The lowest BCUT2D eigenvalue weighted by Gasteiger charge is -2.29. The van der Waals surface area contributed by atoms with Crippen molar-refractivity contribution in [3.8, 4) is 0 Å². The highest BCUT2D eigenvalue weighted by molar-refractivity contribution is 5.22. The second-order valence-corrected chi connectivity index (χ2v) is 3.66. The van der Waals surface area contributed by atoms with Gasteiger partial charge in [0.05, 0.1) is 12.1 Å². The molecule has 0 saturated carbocycles. The van der Waals surface area contributed by atoms with Gasteiger partial charge < -0.3 is 10.4 Å². The highest BCUT2D eigenvalue weighted by atomic mass is 19.1. The predicted octanol–water partition coefficient (Wildman–Crippen LogP) is 1.61. The van der Waals surface area contributed by atoms with Crippen LogP contribution in [0.1, 0.15) is 24.4 Å². The number of piperidine rings is 1. The zero-order valence-electron chi connectivity index (χ0n) is 7.91. The minimum Gasteiger partial charge on any atom is -0.391 e. The fourth-order valence-electron chi connectivity index (χ4n) is 1.92. The van der Waals surface area contributed by atoms with Gasteiger partial charge in [-0.25, -0.2) is 4.39 Å². The lowest BCUT2D eigenvalue weighted by Crippen LogP contribution is -2.38. The summed E-state index contributed by atoms with van der Waals surface area (Å²) in [5.74, 6) is -0.244. The van der Waals surface area contributed by atoms with Crippen LogP contribution in [0.2, 0.25) is 0 Å². The van der Waals surface area contributed by atoms with Gasteiger partial charge in [0, 0.05) is 5.56 Å². The van der Waals surface area contributed by atoms with Gasteiger partial charge in [-0.15, -0.1) is 0 Å². The van der Waals surface area contributed by atoms with Crippen molar-refractivity contribution in [2.75, 3.05) is 6.54 Å². The van der Waals surface area contributed by atoms with Gasteiger partial charge >= 0.3 is 0 Å². The summed E-state index contributed by atoms with van der Waals surface area (Å²) in [6.45, 7) is 0.843. The Morgan fingerprint density at radius 2 is 2.14 bits per heavy atom. The number of nitrogens with one attached hydrogen (secondary N) is 1. The Morgan fingerprint density at radius 3 is 2.86 bits per heavy atom. The first kappa shape index (κ1) is 9.62. The lowest BCUT2D eigenvalue weighted by atomic mass is 9.94. The molecular weight excluding hydrogens is 181 g/mol. The van der Waals surface area contributed by atoms with Crippen molar-refractivity contribution in [3.63, 3.8) is 0 Å². The molecule has 0 aliphatic carbocycles. The molecule has 2 rings (SSSR count). The van der Waals surface area contributed by atoms with Crippen LogP contribution in [-0.2, 0) is 0 Å². The first-order chi connectivity index (χ1) is 6.79. The lowest BCUT2D eigenvalue weighted by molar-refractivity contribution is 0.0949. The zero-order valence-corrected chi connectivity index (χ0v) is 7.91. The predicted molar refractivity (Wildman–Crippen MR) is 52.4 cm³/mol. The topological polar surface area (TPSA) is 32.3 Å². The molecule has 2 N–H and O–H groups in total. The molecular formula is C11H14FNO. The van der Waals surface area contributed by atoms with Crippen molar-refractivity contribution in [3.05, 3.63) is 35.6 Å². The van der Waals surface area contributed by atoms with Crippen LogP contribution >= 0.6 is 0 Å². The summed E-state index contributed by atoms with van der Waals surface area (Å²) in [4.78, 5) is 0. The first-order valence-corrected chi connectivity index (χ1v) is 4.95. The molecule has 2 atom stereocenters. The van der Waals surface area contributed by atoms with E-state index in [9.17, 15) is 9.50 Å². The van der Waals surface area contributed by atoms with E-state index in [1.165, 1.54) is 6.07 Å². The Labute approximate surface area is 82.8 Å². The van der Waals surface area contributed by atoms with Crippen molar-refractivity contribution in [1.82, 2.24) is 5.32 Å². The summed E-state index contributed by atoms with van der Waals surface area (Å²) in [7, 11) is 0. The standard InChI is InChI=1S/C11H14FNO/c12-9-5-2-1-4-8(9)11-10(14)6-3-7-13-11/h1-2,4-5,10-11,13-14H,3,6-7H2. The van der Waals surface area contributed by atoms with Crippen LogP contribution in [0.25, 0.3) is 0 Å². The van der Waals surface area contributed by atoms with E-state index in [-0.39, 0.29) is 11.9 Å². The highest BCUT2D eigenvalue weighted by Crippen LogP contribution is 2.25. The molecule has 1 aliphatic rings. The van der Waals surface area contributed by atoms with E-state index in [0.29, 0.717) is 5.56 Å². The minimum atomic E-state index is -0.472. The molecule has 76 valence electrons. The summed E-state index contributed by atoms with van der Waals surface area (Å²) in [6.07, 6.45) is 1.22. The molecule has 2 nitrogen and oxygen atoms in total. The summed E-state index contributed by atoms with van der Waals surface area (Å²) in [5, 5.41) is 12.9. The smallest absolute Gasteiger partial charge is 0.128 e. The van der Waals surface area contributed by atoms with Crippen molar-refractivity contribution >= 4 is 0 Å². The molecule has 0 bridgehead atoms. The molecule has 0 amide bonds. The molecule has 0 aromatic heterocycles. The average molecular weight is 195 g/mol. The Kier molecular flexibility index (Phi) is 2.79. The Bertz CT molecular complexity index is 316. The van der Waals surface area contributed by atoms with E-state index in [1.807, 2.05) is 0 Å². The molecule has 3 heteroatoms. The maximum Gasteiger partial charge on any atom is 0.128 e. The summed E-state index contributed by atoms with van der Waals surface area (Å²) >= 11 is 0. The number of aliphatic hydroxyl groups excluding tert-OH is 1. The van der Waals surface area contributed by atoms with Crippen LogP contribution in [0.5, 0.6) is 0 Å². The quantitative estimate of drug-likeness (QED) is 0.713. The summed E-state index contributed by atoms with van der Waals surface area (Å²) in [6, 6.07) is 6.36. The molecule has 1 aliphatic heterocycles. The van der Waals surface area contributed by atoms with Crippen molar-refractivity contribution in [1.29, 1.82) is 0 Å². The van der Waals surface area contributed by atoms with Crippen LogP contribution in [0.3, 0.4) is 0 Å². The summed E-state index contributed by atoms with van der Waals surface area (Å²) in [5.41, 5.74) is 0.569. The van der Waals surface area contributed by atoms with Gasteiger partial charge in [-0.3, -0.25) is 0 Å². The van der Waals surface area contributed by atoms with Gasteiger partial charge in [-0.05, 0) is 25.5 Å². The van der Waals surface area contributed by atoms with E-state index in [0.717, 1.165) is 19.4 Å². The molecule has 0 radical (unpaired) electrons. The fourth-order valence-corrected chi connectivity index (χ4v) is 1.92. The van der Waals surface area contributed by atoms with Gasteiger partial charge in [0.1, 0.15) is 5.82 Å². The van der Waals surface area contributed by atoms with E-state index in [4.69, 9.17) is 0 Å². The van der Waals surface area contributed by atoms with Crippen LogP contribution in [0.15, 0.2) is 24.3 Å². The maximum atomic E-state index is 13.4. The van der Waals surface area contributed by atoms with Gasteiger partial charge in [0.15, 0.2) is 0 Å². The van der Waals surface area contributed by atoms with E-state index >= 15 is 0 Å². The van der Waals surface area contributed by atoms with Gasteiger partial charge in [0.25, 0.3) is 0 Å². The number of aliphatic hydroxyl groups is 1. The Balaban J connectivity index is 2.25. The van der Waals surface area contributed by atoms with Gasteiger partial charge in [-0.1, -0.05) is 18.2 Å². The number of benzene rings is 1. The molecule has 2 unspecified atom stereocenters. The average Bonchev–Trinajstić information content (AvgIpc) is 2.20. The highest BCUT2D eigenvalue weighted by Gasteiger charge is 2.25. The fraction of sp³-hybridized carbons (Fsp3) is 0.455. The third-order valence-electron chi connectivity index (χ3n) is 2.67. The second-order valence-electron chi connectivity index (χ2n) is 3.66. The van der Waals surface area contributed by atoms with E-state index in [1.54, 1.807) is 18.2 Å². The van der Waals surface area contributed by atoms with Crippen LogP contribution in [-0.4, -0.2) is 17.8 Å². The summed E-state index contributed by atoms with van der Waals surface area (Å²) < 4.78 is 13.4. The van der Waals surface area contributed by atoms with E-state index in [2.05, 4.69) is 5.32 Å². The molecule has 1 saturated heterocycles. The van der Waals surface area contributed by atoms with Crippen molar-refractivity contribution in [2.45, 2.75) is 25.0 Å². The van der Waals surface area contributed by atoms with Gasteiger partial charge in [0.2, 0.25) is 0 Å². The Morgan fingerprint density at radius 1 is 1.36 bits per heavy atom. The van der Waals surface area contributed by atoms with Crippen LogP contribution in [0, 0.1) is 5.82 Å². The number of hydrogen-bond acceptors (Lipinski definition) is 2. The molecule has 1 aromatic rings. The Hall–Kier alpha value is -0.930. The van der Waals surface area contributed by atoms with Crippen LogP contribution in [0.4, 0.5) is 4.39 Å². The van der Waals surface area contributed by atoms with Gasteiger partial charge in [-0.2, -0.15) is 0 Å². The molecule has 1 heterocycles. The zero-order chi connectivity index (χ0) is 9.97.